The van der Waals surface area contributed by atoms with Gasteiger partial charge in [-0.3, -0.25) is 0 Å². The van der Waals surface area contributed by atoms with Gasteiger partial charge in [0.1, 0.15) is 23.3 Å². The molecule has 0 N–H and O–H groups in total. The Morgan fingerprint density at radius 3 is 1.63 bits per heavy atom. The first kappa shape index (κ1) is 44.9. The van der Waals surface area contributed by atoms with E-state index in [4.69, 9.17) is 4.74 Å². The fourth-order valence-electron chi connectivity index (χ4n) is 7.42. The summed E-state index contributed by atoms with van der Waals surface area (Å²) in [5.41, 5.74) is 6.26. The molecule has 0 saturated carbocycles. The number of hydrogen-bond donors (Lipinski definition) is 0. The van der Waals surface area contributed by atoms with Gasteiger partial charge in [-0.25, -0.2) is 26.0 Å². The third kappa shape index (κ3) is 9.85. The molecule has 3 aliphatic heterocycles. The number of ether oxygens (including phenoxy) is 1. The molecule has 3 aliphatic rings. The molecule has 13 nitrogen and oxygen atoms in total. The summed E-state index contributed by atoms with van der Waals surface area (Å²) in [6.45, 7) is 7.84. The molecule has 331 valence electrons. The van der Waals surface area contributed by atoms with Crippen molar-refractivity contribution in [3.05, 3.63) is 197 Å². The smallest absolute Gasteiger partial charge is 0.143 e. The molecule has 4 aromatic carbocycles. The molecule has 0 unspecified atom stereocenters. The molecule has 0 atom stereocenters. The van der Waals surface area contributed by atoms with E-state index >= 15 is 0 Å². The normalized spacial score (nSPS) is 13.2. The van der Waals surface area contributed by atoms with Crippen LogP contribution in [0.2, 0.25) is 0 Å². The summed E-state index contributed by atoms with van der Waals surface area (Å²) < 4.78 is 6.01. The van der Waals surface area contributed by atoms with Crippen LogP contribution in [0.1, 0.15) is 12.8 Å². The topological polar surface area (TPSA) is 106 Å². The summed E-state index contributed by atoms with van der Waals surface area (Å²) in [5.74, 6) is 4.55. The van der Waals surface area contributed by atoms with Crippen molar-refractivity contribution in [1.82, 2.24) is 29.9 Å². The quantitative estimate of drug-likeness (QED) is 0.0908. The Morgan fingerprint density at radius 1 is 0.477 bits per heavy atom. The van der Waals surface area contributed by atoms with Crippen LogP contribution in [-0.4, -0.2) is 50.0 Å². The number of unbranched alkanes of at least 4 members (excludes halogenated alkanes) is 1. The number of fused-ring (bicyclic) bond motifs is 3. The van der Waals surface area contributed by atoms with Gasteiger partial charge in [0.25, 0.3) is 0 Å². The number of benzene rings is 4. The molecule has 0 amide bonds. The molecule has 0 saturated heterocycles. The van der Waals surface area contributed by atoms with Crippen LogP contribution < -0.4 is 34.1 Å². The molecule has 11 rings (SSSR count). The summed E-state index contributed by atoms with van der Waals surface area (Å²) in [5, 5.41) is 0. The molecule has 4 aromatic heterocycles. The number of nitrogens with zero attached hydrogens (tertiary/aromatic N) is 12. The Balaban J connectivity index is 0.000000174. The molecule has 15 heteroatoms. The Hall–Kier alpha value is -6.72. The van der Waals surface area contributed by atoms with Gasteiger partial charge in [0.15, 0.2) is 0 Å². The van der Waals surface area contributed by atoms with Crippen molar-refractivity contribution in [1.29, 1.82) is 0 Å². The van der Waals surface area contributed by atoms with Crippen LogP contribution in [0.3, 0.4) is 0 Å². The standard InChI is InChI=1S/C26H22N8.C24H16N4O.Ir.Pt/c1-3-9-21(10-4-1)33-19-31(23-25(33)29-15-13-27-23)17-7-8-18-32-20-34(22-11-5-2-6-12-22)26-24(32)28-14-16-30-26;1-27-17-28(24-11-3-2-10-23(24)27)18-7-6-8-19(15-18)29-20-12-14-26-22(16-20)21-9-4-5-13-25-21;;/h1-6,9,11,13-16,19-20H,7-8,17-18H2;2-8,10-14,17H,1H3;;/q2*-4;;. The number of hydrogen-bond acceptors (Lipinski definition) is 13. The molecular formula is C50H38IrN12OPt-8. The van der Waals surface area contributed by atoms with Crippen LogP contribution in [0.4, 0.5) is 51.7 Å². The molecule has 65 heavy (non-hydrogen) atoms. The first-order chi connectivity index (χ1) is 31.2. The first-order valence-electron chi connectivity index (χ1n) is 20.4. The Labute approximate surface area is 407 Å². The second-order valence-electron chi connectivity index (χ2n) is 14.5. The Morgan fingerprint density at radius 2 is 1.03 bits per heavy atom. The number of para-hydroxylation sites is 4. The molecule has 8 aromatic rings. The van der Waals surface area contributed by atoms with Gasteiger partial charge >= 0.3 is 0 Å². The molecular weight excluding hydrogens is 1170 g/mol. The number of pyridine rings is 2. The third-order valence-corrected chi connectivity index (χ3v) is 10.3. The predicted octanol–water partition coefficient (Wildman–Crippen LogP) is 9.54. The predicted molar refractivity (Wildman–Crippen MR) is 243 cm³/mol. The van der Waals surface area contributed by atoms with Crippen LogP contribution in [0.5, 0.6) is 11.5 Å². The Bertz CT molecular complexity index is 2700. The maximum Gasteiger partial charge on any atom is 0.143 e. The van der Waals surface area contributed by atoms with Crippen molar-refractivity contribution in [3.8, 4) is 22.9 Å². The zero-order chi connectivity index (χ0) is 42.4. The van der Waals surface area contributed by atoms with Crippen molar-refractivity contribution >= 4 is 51.7 Å². The maximum absolute atomic E-state index is 6.01. The van der Waals surface area contributed by atoms with Gasteiger partial charge in [-0.15, -0.1) is 72.1 Å². The molecule has 0 fully saturated rings. The zero-order valence-electron chi connectivity index (χ0n) is 34.8. The minimum absolute atomic E-state index is 0. The average Bonchev–Trinajstić information content (AvgIpc) is 4.03. The van der Waals surface area contributed by atoms with Crippen LogP contribution in [0.15, 0.2) is 146 Å². The fourth-order valence-corrected chi connectivity index (χ4v) is 7.42. The maximum atomic E-state index is 6.01. The first-order valence-corrected chi connectivity index (χ1v) is 20.4. The molecule has 0 aliphatic carbocycles. The SMILES string of the molecule is CN1[CH-]N(c2[c-]c(Oc3[c-]c(-c4[c-]cccn4)ncc3)ccc2)c2ccccc21.[Ir].[Pt].[c-]1ccccc1N1[CH-]N(CCCCN2[CH-]N(c3[c-]cccc3)c3nccnc32)c2nccnc21. The van der Waals surface area contributed by atoms with Gasteiger partial charge in [0, 0.05) is 88.8 Å². The van der Waals surface area contributed by atoms with E-state index in [0.717, 1.165) is 77.6 Å². The van der Waals surface area contributed by atoms with E-state index in [2.05, 4.69) is 105 Å². The van der Waals surface area contributed by atoms with Crippen molar-refractivity contribution in [2.24, 2.45) is 0 Å². The van der Waals surface area contributed by atoms with Crippen molar-refractivity contribution < 1.29 is 45.9 Å². The van der Waals surface area contributed by atoms with E-state index < -0.39 is 0 Å². The van der Waals surface area contributed by atoms with Gasteiger partial charge in [-0.1, -0.05) is 12.1 Å². The zero-order valence-corrected chi connectivity index (χ0v) is 39.5. The monoisotopic (exact) mass is 1210 g/mol. The van der Waals surface area contributed by atoms with Gasteiger partial charge in [-0.2, -0.15) is 85.5 Å². The van der Waals surface area contributed by atoms with E-state index in [9.17, 15) is 0 Å². The second-order valence-corrected chi connectivity index (χ2v) is 14.5. The molecule has 0 bridgehead atoms. The Kier molecular flexibility index (Phi) is 14.4. The second kappa shape index (κ2) is 20.8. The number of aromatic nitrogens is 6. The third-order valence-electron chi connectivity index (χ3n) is 10.3. The minimum Gasteiger partial charge on any atom is -0.510 e. The molecule has 1 radical (unpaired) electrons. The van der Waals surface area contributed by atoms with Gasteiger partial charge < -0.3 is 44.1 Å². The largest absolute Gasteiger partial charge is 0.510 e. The van der Waals surface area contributed by atoms with Crippen LogP contribution >= 0.6 is 0 Å². The van der Waals surface area contributed by atoms with E-state index in [1.807, 2.05) is 108 Å². The van der Waals surface area contributed by atoms with Gasteiger partial charge in [-0.05, 0) is 57.5 Å². The van der Waals surface area contributed by atoms with Crippen molar-refractivity contribution in [3.63, 3.8) is 0 Å². The van der Waals surface area contributed by atoms with Crippen molar-refractivity contribution in [2.75, 3.05) is 49.5 Å². The van der Waals surface area contributed by atoms with Gasteiger partial charge in [0.05, 0.1) is 0 Å². The summed E-state index contributed by atoms with van der Waals surface area (Å²) in [6, 6.07) is 51.3. The van der Waals surface area contributed by atoms with Gasteiger partial charge in [0.2, 0.25) is 0 Å². The van der Waals surface area contributed by atoms with Crippen LogP contribution in [0.25, 0.3) is 11.4 Å². The van der Waals surface area contributed by atoms with E-state index in [-0.39, 0.29) is 41.2 Å². The summed E-state index contributed by atoms with van der Waals surface area (Å²) in [6.07, 6.45) is 12.3. The average molecular weight is 1210 g/mol. The van der Waals surface area contributed by atoms with Crippen molar-refractivity contribution in [2.45, 2.75) is 12.8 Å². The fraction of sp³-hybridized carbons (Fsp3) is 0.100. The summed E-state index contributed by atoms with van der Waals surface area (Å²) >= 11 is 0. The summed E-state index contributed by atoms with van der Waals surface area (Å²) in [4.78, 5) is 39.4. The minimum atomic E-state index is 0. The molecule has 7 heterocycles. The van der Waals surface area contributed by atoms with E-state index in [1.54, 1.807) is 49.3 Å². The summed E-state index contributed by atoms with van der Waals surface area (Å²) in [7, 11) is 2.03. The number of anilines is 9. The van der Waals surface area contributed by atoms with Crippen LogP contribution in [0, 0.1) is 50.3 Å². The number of rotatable bonds is 11. The van der Waals surface area contributed by atoms with Crippen LogP contribution in [-0.2, 0) is 41.2 Å². The van der Waals surface area contributed by atoms with E-state index in [1.165, 1.54) is 0 Å². The van der Waals surface area contributed by atoms with E-state index in [0.29, 0.717) is 22.9 Å². The molecule has 0 spiro atoms.